The molecule has 416 valence electrons. The van der Waals surface area contributed by atoms with Gasteiger partial charge in [0.05, 0.1) is 22.7 Å². The Labute approximate surface area is 464 Å². The third-order valence-corrected chi connectivity index (χ3v) is 16.0. The van der Waals surface area contributed by atoms with Crippen molar-refractivity contribution < 1.29 is 32.0 Å². The monoisotopic (exact) mass is 1090 g/mol. The summed E-state index contributed by atoms with van der Waals surface area (Å²) in [4.78, 5) is 49.9. The smallest absolute Gasteiger partial charge is 0.240 e. The van der Waals surface area contributed by atoms with Gasteiger partial charge in [0, 0.05) is 30.8 Å². The number of amides is 2. The summed E-state index contributed by atoms with van der Waals surface area (Å²) in [5.41, 5.74) is 3.68. The summed E-state index contributed by atoms with van der Waals surface area (Å²) in [6.07, 6.45) is 29.0. The molecule has 2 amide bonds. The third kappa shape index (κ3) is 20.8. The standard InChI is InChI=1S/C63H84ClN5O7S/c1-5-7-9-11-13-15-17-18-19-20-21-23-25-29-41-66-77(73,74)54-39-40-56(64)58(45-54)67-62(72)55(61(71)49-34-37-53(75-4)38-35-49)46-60(70)69(42-30-26-24-22-16-14-12-10-8-6-2)52-36-33-50(48(3)43-52)44-51(47-65)63-68-57-31-27-28-32-59(57)76-63/h27-28,31-40,43-45,55,66H,5-26,29-30,41-42,46H2,1-4H3,(H,67,72)/b51-44+. The Hall–Kier alpha value is -5.81. The van der Waals surface area contributed by atoms with Gasteiger partial charge < -0.3 is 19.4 Å². The molecule has 14 heteroatoms. The summed E-state index contributed by atoms with van der Waals surface area (Å²) < 4.78 is 41.1. The van der Waals surface area contributed by atoms with Crippen LogP contribution in [0.4, 0.5) is 11.4 Å². The van der Waals surface area contributed by atoms with Crippen LogP contribution in [0.3, 0.4) is 0 Å². The van der Waals surface area contributed by atoms with Gasteiger partial charge in [-0.2, -0.15) is 5.26 Å². The molecular weight excluding hydrogens is 1010 g/mol. The Morgan fingerprint density at radius 3 is 1.87 bits per heavy atom. The van der Waals surface area contributed by atoms with Gasteiger partial charge in [-0.3, -0.25) is 14.4 Å². The van der Waals surface area contributed by atoms with Crippen molar-refractivity contribution in [3.05, 3.63) is 113 Å². The summed E-state index contributed by atoms with van der Waals surface area (Å²) in [6.45, 7) is 6.94. The number of nitriles is 1. The van der Waals surface area contributed by atoms with Gasteiger partial charge in [0.25, 0.3) is 0 Å². The van der Waals surface area contributed by atoms with Crippen LogP contribution < -0.4 is 19.7 Å². The Bertz CT molecular complexity index is 2770. The highest BCUT2D eigenvalue weighted by atomic mass is 35.5. The van der Waals surface area contributed by atoms with Crippen molar-refractivity contribution in [2.24, 2.45) is 5.92 Å². The number of ether oxygens (including phenoxy) is 1. The average molecular weight is 1090 g/mol. The normalized spacial score (nSPS) is 12.1. The fraction of sp³-hybridized carbons (Fsp3) is 0.508. The maximum Gasteiger partial charge on any atom is 0.240 e. The lowest BCUT2D eigenvalue weighted by atomic mass is 9.92. The van der Waals surface area contributed by atoms with Crippen molar-refractivity contribution in [2.45, 2.75) is 186 Å². The Morgan fingerprint density at radius 1 is 0.740 bits per heavy atom. The quantitative estimate of drug-likeness (QED) is 0.0169. The van der Waals surface area contributed by atoms with Gasteiger partial charge in [-0.25, -0.2) is 18.1 Å². The molecule has 0 aliphatic carbocycles. The van der Waals surface area contributed by atoms with Crippen LogP contribution in [0.2, 0.25) is 5.02 Å². The van der Waals surface area contributed by atoms with Crippen molar-refractivity contribution in [3.63, 3.8) is 0 Å². The first-order valence-corrected chi connectivity index (χ1v) is 30.4. The van der Waals surface area contributed by atoms with E-state index in [0.29, 0.717) is 41.9 Å². The number of nitrogens with one attached hydrogen (secondary N) is 2. The molecule has 0 saturated heterocycles. The van der Waals surface area contributed by atoms with Crippen LogP contribution in [-0.2, 0) is 19.6 Å². The number of para-hydroxylation sites is 2. The van der Waals surface area contributed by atoms with Crippen LogP contribution >= 0.6 is 11.6 Å². The first-order chi connectivity index (χ1) is 37.4. The number of allylic oxidation sites excluding steroid dienone is 1. The predicted molar refractivity (Wildman–Crippen MR) is 314 cm³/mol. The molecule has 0 bridgehead atoms. The van der Waals surface area contributed by atoms with Crippen LogP contribution in [0.5, 0.6) is 5.75 Å². The van der Waals surface area contributed by atoms with E-state index in [-0.39, 0.29) is 39.2 Å². The second-order valence-electron chi connectivity index (χ2n) is 20.4. The number of sulfonamides is 1. The summed E-state index contributed by atoms with van der Waals surface area (Å²) in [5.74, 6) is -2.70. The highest BCUT2D eigenvalue weighted by molar-refractivity contribution is 7.89. The van der Waals surface area contributed by atoms with Gasteiger partial charge in [0.15, 0.2) is 11.4 Å². The lowest BCUT2D eigenvalue weighted by Crippen LogP contribution is -2.38. The number of unbranched alkanes of at least 4 members (excludes halogenated alkanes) is 22. The van der Waals surface area contributed by atoms with Crippen molar-refractivity contribution in [3.8, 4) is 11.8 Å². The predicted octanol–water partition coefficient (Wildman–Crippen LogP) is 16.4. The number of hydrogen-bond acceptors (Lipinski definition) is 9. The number of rotatable bonds is 38. The van der Waals surface area contributed by atoms with Gasteiger partial charge in [0.1, 0.15) is 28.8 Å². The number of benzene rings is 4. The molecular formula is C63H84ClN5O7S. The topological polar surface area (TPSA) is 172 Å². The molecule has 1 heterocycles. The summed E-state index contributed by atoms with van der Waals surface area (Å²) in [7, 11) is -2.48. The van der Waals surface area contributed by atoms with Crippen LogP contribution in [-0.4, -0.2) is 51.2 Å². The van der Waals surface area contributed by atoms with E-state index >= 15 is 0 Å². The number of nitrogens with zero attached hydrogens (tertiary/aromatic N) is 3. The molecule has 0 fully saturated rings. The van der Waals surface area contributed by atoms with Gasteiger partial charge in [-0.1, -0.05) is 185 Å². The van der Waals surface area contributed by atoms with E-state index in [0.717, 1.165) is 56.1 Å². The second kappa shape index (κ2) is 34.2. The Morgan fingerprint density at radius 2 is 1.31 bits per heavy atom. The van der Waals surface area contributed by atoms with Crippen molar-refractivity contribution in [1.82, 2.24) is 9.71 Å². The average Bonchev–Trinajstić information content (AvgIpc) is 3.89. The zero-order valence-corrected chi connectivity index (χ0v) is 47.9. The highest BCUT2D eigenvalue weighted by Crippen LogP contribution is 2.30. The molecule has 77 heavy (non-hydrogen) atoms. The first kappa shape index (κ1) is 62.0. The van der Waals surface area contributed by atoms with Crippen LogP contribution in [0, 0.1) is 24.2 Å². The van der Waals surface area contributed by atoms with E-state index in [1.54, 1.807) is 47.4 Å². The SMILES string of the molecule is CCCCCCCCCCCCCCCCNS(=O)(=O)c1ccc(Cl)c(NC(=O)C(CC(=O)N(CCCCCCCCCCCC)c2ccc(/C=C(\C#N)c3nc4ccccc4o3)c(C)c2)C(=O)c2ccc(OC)cc2)c1. The Kier molecular flexibility index (Phi) is 27.5. The van der Waals surface area contributed by atoms with Gasteiger partial charge in [-0.15, -0.1) is 0 Å². The molecule has 0 aliphatic heterocycles. The number of anilines is 2. The summed E-state index contributed by atoms with van der Waals surface area (Å²) in [5, 5.41) is 13.0. The number of aryl methyl sites for hydroxylation is 1. The largest absolute Gasteiger partial charge is 0.497 e. The summed E-state index contributed by atoms with van der Waals surface area (Å²) in [6, 6.07) is 25.4. The zero-order chi connectivity index (χ0) is 55.3. The van der Waals surface area contributed by atoms with Gasteiger partial charge >= 0.3 is 0 Å². The molecule has 1 aromatic heterocycles. The number of methoxy groups -OCH3 is 1. The zero-order valence-electron chi connectivity index (χ0n) is 46.3. The lowest BCUT2D eigenvalue weighted by Gasteiger charge is -2.26. The van der Waals surface area contributed by atoms with Crippen LogP contribution in [0.25, 0.3) is 22.7 Å². The van der Waals surface area contributed by atoms with Crippen molar-refractivity contribution in [1.29, 1.82) is 5.26 Å². The number of hydrogen-bond donors (Lipinski definition) is 2. The maximum atomic E-state index is 14.8. The number of carbonyl (C=O) groups is 3. The van der Waals surface area contributed by atoms with E-state index < -0.39 is 40.0 Å². The molecule has 0 spiro atoms. The molecule has 0 saturated carbocycles. The minimum atomic E-state index is -3.98. The van der Waals surface area contributed by atoms with Crippen LogP contribution in [0.1, 0.15) is 202 Å². The van der Waals surface area contributed by atoms with Crippen molar-refractivity contribution in [2.75, 3.05) is 30.4 Å². The van der Waals surface area contributed by atoms with Gasteiger partial charge in [0.2, 0.25) is 27.7 Å². The number of aromatic nitrogens is 1. The molecule has 4 aromatic carbocycles. The van der Waals surface area contributed by atoms with E-state index in [1.807, 2.05) is 37.3 Å². The molecule has 2 N–H and O–H groups in total. The molecule has 0 radical (unpaired) electrons. The van der Waals surface area contributed by atoms with E-state index in [1.165, 1.54) is 122 Å². The molecule has 5 rings (SSSR count). The highest BCUT2D eigenvalue weighted by Gasteiger charge is 2.33. The Balaban J connectivity index is 1.30. The number of halogens is 1. The van der Waals surface area contributed by atoms with Gasteiger partial charge in [-0.05, 0) is 104 Å². The van der Waals surface area contributed by atoms with E-state index in [4.69, 9.17) is 20.8 Å². The second-order valence-corrected chi connectivity index (χ2v) is 22.6. The van der Waals surface area contributed by atoms with Crippen LogP contribution in [0.15, 0.2) is 94.2 Å². The number of ketones is 1. The molecule has 0 aliphatic rings. The first-order valence-electron chi connectivity index (χ1n) is 28.6. The summed E-state index contributed by atoms with van der Waals surface area (Å²) >= 11 is 6.63. The molecule has 12 nitrogen and oxygen atoms in total. The fourth-order valence-electron chi connectivity index (χ4n) is 9.57. The van der Waals surface area contributed by atoms with E-state index in [2.05, 4.69) is 34.9 Å². The molecule has 5 aromatic rings. The minimum Gasteiger partial charge on any atom is -0.497 e. The molecule has 1 unspecified atom stereocenters. The van der Waals surface area contributed by atoms with Crippen molar-refractivity contribution >= 4 is 73.3 Å². The number of fused-ring (bicyclic) bond motifs is 1. The van der Waals surface area contributed by atoms with E-state index in [9.17, 15) is 28.1 Å². The fourth-order valence-corrected chi connectivity index (χ4v) is 10.8. The minimum absolute atomic E-state index is 0.00733. The number of Topliss-reactive ketones (excluding diaryl/α,β-unsaturated/α-hetero) is 1. The maximum absolute atomic E-state index is 14.8. The third-order valence-electron chi connectivity index (χ3n) is 14.3. The number of carbonyl (C=O) groups excluding carboxylic acids is 3. The molecule has 1 atom stereocenters. The number of oxazole rings is 1. The lowest BCUT2D eigenvalue weighted by molar-refractivity contribution is -0.124.